The molecule has 1 rings (SSSR count). The van der Waals surface area contributed by atoms with Crippen molar-refractivity contribution in [1.29, 1.82) is 0 Å². The Balaban J connectivity index is 3.31. The topological polar surface area (TPSA) is 25.8 Å². The van der Waals surface area contributed by atoms with Crippen LogP contribution in [0.2, 0.25) is 0 Å². The van der Waals surface area contributed by atoms with Crippen molar-refractivity contribution in [2.24, 2.45) is 0 Å². The second-order valence-corrected chi connectivity index (χ2v) is 4.74. The van der Waals surface area contributed by atoms with Crippen molar-refractivity contribution < 1.29 is 0 Å². The molecule has 1 aromatic heterocycles. The molecule has 6 heteroatoms. The molecule has 0 atom stereocenters. The number of hydrogen-bond acceptors (Lipinski definition) is 2. The highest BCUT2D eigenvalue weighted by Crippen LogP contribution is 2.05. The van der Waals surface area contributed by atoms with Gasteiger partial charge in [0, 0.05) is 8.26 Å². The Morgan fingerprint density at radius 3 is 2.20 bits per heavy atom. The molecule has 10 heavy (non-hydrogen) atoms. The van der Waals surface area contributed by atoms with Crippen LogP contribution in [0, 0.1) is 7.27 Å². The lowest BCUT2D eigenvalue weighted by Gasteiger charge is -2.02. The average molecular weight is 384 g/mol. The predicted molar refractivity (Wildman–Crippen MR) is 58.2 cm³/mol. The van der Waals surface area contributed by atoms with Crippen LogP contribution < -0.4 is 9.24 Å². The first kappa shape index (κ1) is 9.69. The van der Waals surface area contributed by atoms with Crippen LogP contribution in [0.4, 0.5) is 0 Å². The van der Waals surface area contributed by atoms with Crippen molar-refractivity contribution >= 4 is 87.0 Å². The lowest BCUT2D eigenvalue weighted by molar-refractivity contribution is 1.21. The molecule has 0 aromatic carbocycles. The molecule has 0 bridgehead atoms. The Labute approximate surface area is 103 Å². The highest BCUT2D eigenvalue weighted by Gasteiger charge is 2.00. The van der Waals surface area contributed by atoms with Crippen molar-refractivity contribution in [2.75, 3.05) is 0 Å². The van der Waals surface area contributed by atoms with Gasteiger partial charge >= 0.3 is 0 Å². The molecule has 0 amide bonds. The number of nitrogens with zero attached hydrogens (tertiary/aromatic N) is 2. The average Bonchev–Trinajstić information content (AvgIpc) is 1.82. The second kappa shape index (κ2) is 4.02. The van der Waals surface area contributed by atoms with E-state index in [1.54, 1.807) is 0 Å². The van der Waals surface area contributed by atoms with Crippen LogP contribution in [0.3, 0.4) is 0 Å². The van der Waals surface area contributed by atoms with Gasteiger partial charge < -0.3 is 0 Å². The van der Waals surface area contributed by atoms with E-state index in [1.807, 2.05) is 0 Å². The van der Waals surface area contributed by atoms with Gasteiger partial charge in [-0.05, 0) is 49.7 Å². The van der Waals surface area contributed by atoms with Crippen molar-refractivity contribution in [1.82, 2.24) is 9.97 Å². The minimum absolute atomic E-state index is 0.745. The summed E-state index contributed by atoms with van der Waals surface area (Å²) >= 11 is 9.47. The number of rotatable bonds is 0. The van der Waals surface area contributed by atoms with Crippen LogP contribution >= 0.6 is 45.2 Å². The minimum Gasteiger partial charge on any atom is -0.280 e. The van der Waals surface area contributed by atoms with E-state index in [1.165, 1.54) is 0 Å². The fourth-order valence-electron chi connectivity index (χ4n) is 0.453. The summed E-state index contributed by atoms with van der Waals surface area (Å²) in [6, 6.07) is 0. The van der Waals surface area contributed by atoms with Gasteiger partial charge in [-0.3, -0.25) is 4.98 Å². The van der Waals surface area contributed by atoms with E-state index in [9.17, 15) is 0 Å². The summed E-state index contributed by atoms with van der Waals surface area (Å²) in [5, 5.41) is 0. The van der Waals surface area contributed by atoms with Crippen LogP contribution in [0.1, 0.15) is 0 Å². The van der Waals surface area contributed by atoms with Crippen molar-refractivity contribution in [3.8, 4) is 0 Å². The molecule has 0 unspecified atom stereocenters. The van der Waals surface area contributed by atoms with Crippen LogP contribution in [0.25, 0.3) is 0 Å². The van der Waals surface area contributed by atoms with E-state index in [0.717, 1.165) is 16.5 Å². The van der Waals surface area contributed by atoms with Gasteiger partial charge in [-0.2, -0.15) is 0 Å². The highest BCUT2D eigenvalue weighted by molar-refractivity contribution is 14.1. The largest absolute Gasteiger partial charge is 0.280 e. The van der Waals surface area contributed by atoms with E-state index in [-0.39, 0.29) is 0 Å². The molecule has 0 spiro atoms. The third-order valence-corrected chi connectivity index (χ3v) is 4.99. The number of halogens is 2. The first-order valence-electron chi connectivity index (χ1n) is 2.35. The Morgan fingerprint density at radius 1 is 1.10 bits per heavy atom. The molecular formula is C4Al2I2N2. The fourth-order valence-corrected chi connectivity index (χ4v) is 2.46. The number of aromatic nitrogens is 2. The van der Waals surface area contributed by atoms with Gasteiger partial charge in [-0.25, -0.2) is 4.98 Å². The van der Waals surface area contributed by atoms with Crippen molar-refractivity contribution in [3.63, 3.8) is 0 Å². The predicted octanol–water partition coefficient (Wildman–Crippen LogP) is -0.727. The van der Waals surface area contributed by atoms with E-state index >= 15 is 0 Å². The summed E-state index contributed by atoms with van der Waals surface area (Å²) in [5.41, 5.74) is 0. The normalized spacial score (nSPS) is 9.80. The monoisotopic (exact) mass is 384 g/mol. The van der Waals surface area contributed by atoms with Crippen LogP contribution in [0.15, 0.2) is 0 Å². The number of hydrogen-bond donors (Lipinski definition) is 0. The molecule has 0 fully saturated rings. The zero-order chi connectivity index (χ0) is 7.72. The summed E-state index contributed by atoms with van der Waals surface area (Å²) in [6.45, 7) is 0. The molecule has 0 aliphatic rings. The standard InChI is InChI=1S/C4I2N2.2Al/c5-3-1-7-2-8-4(3)6;;. The zero-order valence-electron chi connectivity index (χ0n) is 4.81. The van der Waals surface area contributed by atoms with E-state index in [2.05, 4.69) is 87.7 Å². The van der Waals surface area contributed by atoms with Gasteiger partial charge in [0.05, 0.1) is 0 Å². The highest BCUT2D eigenvalue weighted by atomic mass is 127. The molecule has 0 saturated carbocycles. The van der Waals surface area contributed by atoms with E-state index in [4.69, 9.17) is 0 Å². The summed E-state index contributed by atoms with van der Waals surface area (Å²) in [4.78, 5) is 8.29. The summed E-state index contributed by atoms with van der Waals surface area (Å²) in [5.74, 6) is 0. The molecule has 0 N–H and O–H groups in total. The maximum Gasteiger partial charge on any atom is 0.244 e. The van der Waals surface area contributed by atoms with E-state index < -0.39 is 0 Å². The third kappa shape index (κ3) is 2.29. The molecule has 1 heterocycles. The molecular weight excluding hydrogens is 384 g/mol. The molecule has 1 aromatic rings. The summed E-state index contributed by atoms with van der Waals surface area (Å²) in [7, 11) is 0. The van der Waals surface area contributed by atoms with Gasteiger partial charge in [0.15, 0.2) is 0 Å². The maximum atomic E-state index is 4.15. The first-order chi connectivity index (χ1) is 4.61. The van der Waals surface area contributed by atoms with E-state index in [0.29, 0.717) is 0 Å². The molecule has 0 aliphatic carbocycles. The molecule has 0 aliphatic heterocycles. The lowest BCUT2D eigenvalue weighted by Crippen LogP contribution is -2.28. The van der Waals surface area contributed by atoms with Crippen LogP contribution in [-0.2, 0) is 0 Å². The van der Waals surface area contributed by atoms with Crippen LogP contribution in [0.5, 0.6) is 0 Å². The Morgan fingerprint density at radius 2 is 1.70 bits per heavy atom. The van der Waals surface area contributed by atoms with Gasteiger partial charge in [-0.1, -0.05) is 0 Å². The van der Waals surface area contributed by atoms with Gasteiger partial charge in [0.2, 0.25) is 32.6 Å². The van der Waals surface area contributed by atoms with Crippen LogP contribution in [-0.4, -0.2) is 42.5 Å². The Kier molecular flexibility index (Phi) is 3.89. The fraction of sp³-hybridized carbons (Fsp3) is 0. The molecule has 4 radical (unpaired) electrons. The molecule has 0 saturated heterocycles. The molecule has 46 valence electrons. The summed E-state index contributed by atoms with van der Waals surface area (Å²) in [6.07, 6.45) is 0. The minimum atomic E-state index is 0.745. The zero-order valence-corrected chi connectivity index (χ0v) is 11.4. The van der Waals surface area contributed by atoms with Gasteiger partial charge in [0.1, 0.15) is 3.70 Å². The maximum absolute atomic E-state index is 4.15. The Hall–Kier alpha value is 1.60. The summed E-state index contributed by atoms with van der Waals surface area (Å²) < 4.78 is 3.82. The third-order valence-electron chi connectivity index (χ3n) is 0.854. The quantitative estimate of drug-likeness (QED) is 0.335. The lowest BCUT2D eigenvalue weighted by atomic mass is 10.7. The van der Waals surface area contributed by atoms with Gasteiger partial charge in [0.25, 0.3) is 0 Å². The van der Waals surface area contributed by atoms with Crippen molar-refractivity contribution in [2.45, 2.75) is 0 Å². The molecule has 2 nitrogen and oxygen atoms in total. The van der Waals surface area contributed by atoms with Crippen molar-refractivity contribution in [3.05, 3.63) is 7.27 Å². The Bertz CT molecular complexity index is 242. The SMILES string of the molecule is [Al][c]1n[c]([Al])c(I)c(I)n1. The smallest absolute Gasteiger partial charge is 0.244 e. The first-order valence-corrected chi connectivity index (χ1v) is 5.66. The van der Waals surface area contributed by atoms with Gasteiger partial charge in [-0.15, -0.1) is 0 Å². The second-order valence-electron chi connectivity index (χ2n) is 1.57.